The molecule has 0 spiro atoms. The first-order valence-electron chi connectivity index (χ1n) is 10.9. The number of esters is 1. The standard InChI is InChI=1S/C25H32N2O4/c1-19-8-7-9-21(16-19)23(17-25(18-26(2)3)14-5-4-6-15-25)31-24(28)20-10-12-22(13-11-20)27(29)30/h7-13,16,23H,4-6,14-15,17-18H2,1-3H3. The van der Waals surface area contributed by atoms with Gasteiger partial charge in [0.2, 0.25) is 0 Å². The molecule has 6 heteroatoms. The van der Waals surface area contributed by atoms with Gasteiger partial charge in [-0.2, -0.15) is 0 Å². The number of nitro benzene ring substituents is 1. The average molecular weight is 425 g/mol. The molecular weight excluding hydrogens is 392 g/mol. The van der Waals surface area contributed by atoms with Gasteiger partial charge in [0.05, 0.1) is 10.5 Å². The molecule has 0 bridgehead atoms. The van der Waals surface area contributed by atoms with Crippen LogP contribution in [0.15, 0.2) is 48.5 Å². The van der Waals surface area contributed by atoms with Crippen molar-refractivity contribution < 1.29 is 14.5 Å². The van der Waals surface area contributed by atoms with Gasteiger partial charge < -0.3 is 9.64 Å². The Labute approximate surface area is 184 Å². The lowest BCUT2D eigenvalue weighted by molar-refractivity contribution is -0.384. The largest absolute Gasteiger partial charge is 0.454 e. The van der Waals surface area contributed by atoms with E-state index in [2.05, 4.69) is 25.1 Å². The first-order valence-corrected chi connectivity index (χ1v) is 10.9. The van der Waals surface area contributed by atoms with Crippen LogP contribution in [0.3, 0.4) is 0 Å². The van der Waals surface area contributed by atoms with Gasteiger partial charge in [0.15, 0.2) is 0 Å². The fraction of sp³-hybridized carbons (Fsp3) is 0.480. The highest BCUT2D eigenvalue weighted by molar-refractivity contribution is 5.89. The maximum atomic E-state index is 13.0. The number of nitro groups is 1. The quantitative estimate of drug-likeness (QED) is 0.309. The zero-order chi connectivity index (χ0) is 22.4. The van der Waals surface area contributed by atoms with Gasteiger partial charge in [0.1, 0.15) is 6.10 Å². The second kappa shape index (κ2) is 10.1. The molecule has 6 nitrogen and oxygen atoms in total. The fourth-order valence-electron chi connectivity index (χ4n) is 4.81. The molecule has 31 heavy (non-hydrogen) atoms. The Morgan fingerprint density at radius 2 is 1.81 bits per heavy atom. The summed E-state index contributed by atoms with van der Waals surface area (Å²) in [5, 5.41) is 10.9. The summed E-state index contributed by atoms with van der Waals surface area (Å²) >= 11 is 0. The van der Waals surface area contributed by atoms with E-state index in [1.165, 1.54) is 43.5 Å². The lowest BCUT2D eigenvalue weighted by Gasteiger charge is -2.41. The first-order chi connectivity index (χ1) is 14.8. The molecule has 1 fully saturated rings. The summed E-state index contributed by atoms with van der Waals surface area (Å²) in [6.07, 6.45) is 6.32. The molecule has 0 aromatic heterocycles. The second-order valence-electron chi connectivity index (χ2n) is 9.11. The predicted molar refractivity (Wildman–Crippen MR) is 121 cm³/mol. The lowest BCUT2D eigenvalue weighted by Crippen LogP contribution is -2.37. The van der Waals surface area contributed by atoms with Crippen molar-refractivity contribution in [1.82, 2.24) is 4.90 Å². The smallest absolute Gasteiger partial charge is 0.338 e. The molecule has 0 radical (unpaired) electrons. The van der Waals surface area contributed by atoms with Crippen molar-refractivity contribution in [2.24, 2.45) is 5.41 Å². The van der Waals surface area contributed by atoms with Crippen LogP contribution in [0, 0.1) is 22.5 Å². The van der Waals surface area contributed by atoms with Gasteiger partial charge in [0, 0.05) is 18.7 Å². The zero-order valence-corrected chi connectivity index (χ0v) is 18.7. The molecule has 1 saturated carbocycles. The molecule has 3 rings (SSSR count). The van der Waals surface area contributed by atoms with E-state index in [1.54, 1.807) is 0 Å². The number of benzene rings is 2. The lowest BCUT2D eigenvalue weighted by atomic mass is 9.69. The van der Waals surface area contributed by atoms with Crippen molar-refractivity contribution in [1.29, 1.82) is 0 Å². The topological polar surface area (TPSA) is 72.7 Å². The number of non-ortho nitro benzene ring substituents is 1. The predicted octanol–water partition coefficient (Wildman–Crippen LogP) is 5.70. The van der Waals surface area contributed by atoms with Crippen LogP contribution in [0.25, 0.3) is 0 Å². The number of rotatable bonds is 8. The van der Waals surface area contributed by atoms with Gasteiger partial charge in [-0.25, -0.2) is 4.79 Å². The monoisotopic (exact) mass is 424 g/mol. The van der Waals surface area contributed by atoms with E-state index in [0.29, 0.717) is 5.56 Å². The summed E-state index contributed by atoms with van der Waals surface area (Å²) in [5.74, 6) is -0.447. The van der Waals surface area contributed by atoms with E-state index in [9.17, 15) is 14.9 Å². The molecule has 2 aromatic rings. The van der Waals surface area contributed by atoms with E-state index >= 15 is 0 Å². The number of hydrogen-bond donors (Lipinski definition) is 0. The van der Waals surface area contributed by atoms with Gasteiger partial charge in [-0.1, -0.05) is 49.1 Å². The molecule has 0 heterocycles. The summed E-state index contributed by atoms with van der Waals surface area (Å²) in [6, 6.07) is 13.7. The first kappa shape index (κ1) is 22.9. The van der Waals surface area contributed by atoms with Crippen LogP contribution in [-0.2, 0) is 4.74 Å². The van der Waals surface area contributed by atoms with Crippen LogP contribution in [-0.4, -0.2) is 36.4 Å². The van der Waals surface area contributed by atoms with Crippen molar-refractivity contribution >= 4 is 11.7 Å². The second-order valence-corrected chi connectivity index (χ2v) is 9.11. The van der Waals surface area contributed by atoms with Crippen molar-refractivity contribution in [2.75, 3.05) is 20.6 Å². The highest BCUT2D eigenvalue weighted by Gasteiger charge is 2.37. The fourth-order valence-corrected chi connectivity index (χ4v) is 4.81. The molecule has 1 aliphatic rings. The van der Waals surface area contributed by atoms with E-state index < -0.39 is 10.9 Å². The minimum Gasteiger partial charge on any atom is -0.454 e. The third-order valence-corrected chi connectivity index (χ3v) is 6.16. The summed E-state index contributed by atoms with van der Waals surface area (Å²) in [5.41, 5.74) is 2.51. The van der Waals surface area contributed by atoms with Crippen LogP contribution in [0.4, 0.5) is 5.69 Å². The highest BCUT2D eigenvalue weighted by Crippen LogP contribution is 2.44. The Morgan fingerprint density at radius 1 is 1.13 bits per heavy atom. The zero-order valence-electron chi connectivity index (χ0n) is 18.7. The van der Waals surface area contributed by atoms with Crippen LogP contribution in [0.1, 0.15) is 66.1 Å². The molecule has 1 atom stereocenters. The number of ether oxygens (including phenoxy) is 1. The van der Waals surface area contributed by atoms with Crippen molar-refractivity contribution in [2.45, 2.75) is 51.6 Å². The van der Waals surface area contributed by atoms with Gasteiger partial charge in [-0.3, -0.25) is 10.1 Å². The minimum absolute atomic E-state index is 0.0427. The molecule has 1 unspecified atom stereocenters. The van der Waals surface area contributed by atoms with Crippen LogP contribution < -0.4 is 0 Å². The van der Waals surface area contributed by atoms with Crippen molar-refractivity contribution in [3.05, 3.63) is 75.3 Å². The third kappa shape index (κ3) is 6.14. The van der Waals surface area contributed by atoms with Gasteiger partial charge in [-0.15, -0.1) is 0 Å². The van der Waals surface area contributed by atoms with E-state index in [-0.39, 0.29) is 17.2 Å². The van der Waals surface area contributed by atoms with E-state index in [1.807, 2.05) is 25.1 Å². The Balaban J connectivity index is 1.87. The summed E-state index contributed by atoms with van der Waals surface area (Å²) in [6.45, 7) is 3.00. The molecule has 0 aliphatic heterocycles. The molecule has 1 aliphatic carbocycles. The molecule has 0 N–H and O–H groups in total. The molecule has 0 saturated heterocycles. The van der Waals surface area contributed by atoms with Crippen LogP contribution in [0.5, 0.6) is 0 Å². The Hall–Kier alpha value is -2.73. The number of carbonyl (C=O) groups is 1. The van der Waals surface area contributed by atoms with E-state index in [4.69, 9.17) is 4.74 Å². The molecule has 2 aromatic carbocycles. The minimum atomic E-state index is -0.473. The summed E-state index contributed by atoms with van der Waals surface area (Å²) in [4.78, 5) is 25.6. The Kier molecular flexibility index (Phi) is 7.44. The van der Waals surface area contributed by atoms with Crippen molar-refractivity contribution in [3.8, 4) is 0 Å². The van der Waals surface area contributed by atoms with Gasteiger partial charge in [0.25, 0.3) is 5.69 Å². The average Bonchev–Trinajstić information content (AvgIpc) is 2.73. The normalized spacial score (nSPS) is 16.6. The maximum absolute atomic E-state index is 13.0. The van der Waals surface area contributed by atoms with Gasteiger partial charge >= 0.3 is 5.97 Å². The van der Waals surface area contributed by atoms with Gasteiger partial charge in [-0.05, 0) is 63.4 Å². The van der Waals surface area contributed by atoms with E-state index in [0.717, 1.165) is 36.9 Å². The Bertz CT molecular complexity index is 902. The Morgan fingerprint density at radius 3 is 2.39 bits per heavy atom. The number of aryl methyl sites for hydroxylation is 1. The highest BCUT2D eigenvalue weighted by atomic mass is 16.6. The molecular formula is C25H32N2O4. The molecule has 0 amide bonds. The van der Waals surface area contributed by atoms with Crippen molar-refractivity contribution in [3.63, 3.8) is 0 Å². The summed E-state index contributed by atoms with van der Waals surface area (Å²) in [7, 11) is 4.20. The SMILES string of the molecule is Cc1cccc(C(CC2(CN(C)C)CCCCC2)OC(=O)c2ccc([N+](=O)[O-])cc2)c1. The number of nitrogens with zero attached hydrogens (tertiary/aromatic N) is 2. The van der Waals surface area contributed by atoms with Crippen LogP contribution in [0.2, 0.25) is 0 Å². The maximum Gasteiger partial charge on any atom is 0.338 e. The third-order valence-electron chi connectivity index (χ3n) is 6.16. The molecule has 166 valence electrons. The number of hydrogen-bond acceptors (Lipinski definition) is 5. The van der Waals surface area contributed by atoms with Crippen LogP contribution >= 0.6 is 0 Å². The number of carbonyl (C=O) groups excluding carboxylic acids is 1. The summed E-state index contributed by atoms with van der Waals surface area (Å²) < 4.78 is 6.06.